The monoisotopic (exact) mass is 248 g/mol. The van der Waals surface area contributed by atoms with Crippen molar-refractivity contribution in [2.24, 2.45) is 11.7 Å². The summed E-state index contributed by atoms with van der Waals surface area (Å²) in [6.45, 7) is 8.89. The summed E-state index contributed by atoms with van der Waals surface area (Å²) in [5, 5.41) is 2.90. The van der Waals surface area contributed by atoms with Gasteiger partial charge in [0, 0.05) is 24.1 Å². The second-order valence-corrected chi connectivity index (χ2v) is 5.81. The van der Waals surface area contributed by atoms with E-state index in [0.717, 1.165) is 5.69 Å². The fourth-order valence-electron chi connectivity index (χ4n) is 1.71. The molecule has 1 aromatic rings. The molecule has 0 fully saturated rings. The molecule has 0 radical (unpaired) electrons. The van der Waals surface area contributed by atoms with Crippen LogP contribution in [0.3, 0.4) is 0 Å². The molecule has 18 heavy (non-hydrogen) atoms. The van der Waals surface area contributed by atoms with Crippen LogP contribution in [-0.4, -0.2) is 12.5 Å². The SMILES string of the molecule is CC(C)CC(=O)Nc1ccc(C(C)(C)CN)cc1. The van der Waals surface area contributed by atoms with Gasteiger partial charge in [-0.1, -0.05) is 39.8 Å². The standard InChI is InChI=1S/C15H24N2O/c1-11(2)9-14(18)17-13-7-5-12(6-8-13)15(3,4)10-16/h5-8,11H,9-10,16H2,1-4H3,(H,17,18). The van der Waals surface area contributed by atoms with Gasteiger partial charge in [-0.2, -0.15) is 0 Å². The third-order valence-electron chi connectivity index (χ3n) is 3.05. The zero-order valence-corrected chi connectivity index (χ0v) is 11.8. The molecule has 3 N–H and O–H groups in total. The maximum Gasteiger partial charge on any atom is 0.224 e. The quantitative estimate of drug-likeness (QED) is 0.841. The van der Waals surface area contributed by atoms with Crippen molar-refractivity contribution in [1.82, 2.24) is 0 Å². The van der Waals surface area contributed by atoms with Crippen LogP contribution in [0.2, 0.25) is 0 Å². The van der Waals surface area contributed by atoms with Gasteiger partial charge in [0.05, 0.1) is 0 Å². The molecular weight excluding hydrogens is 224 g/mol. The fraction of sp³-hybridized carbons (Fsp3) is 0.533. The van der Waals surface area contributed by atoms with Crippen molar-refractivity contribution in [2.75, 3.05) is 11.9 Å². The highest BCUT2D eigenvalue weighted by Crippen LogP contribution is 2.23. The van der Waals surface area contributed by atoms with Crippen LogP contribution in [0.15, 0.2) is 24.3 Å². The summed E-state index contributed by atoms with van der Waals surface area (Å²) in [4.78, 5) is 11.6. The van der Waals surface area contributed by atoms with Crippen LogP contribution >= 0.6 is 0 Å². The predicted molar refractivity (Wildman–Crippen MR) is 76.6 cm³/mol. The first-order valence-electron chi connectivity index (χ1n) is 6.45. The van der Waals surface area contributed by atoms with Crippen molar-refractivity contribution in [2.45, 2.75) is 39.5 Å². The minimum absolute atomic E-state index is 0.0273. The minimum atomic E-state index is -0.0273. The van der Waals surface area contributed by atoms with Gasteiger partial charge >= 0.3 is 0 Å². The van der Waals surface area contributed by atoms with E-state index in [1.54, 1.807) is 0 Å². The maximum absolute atomic E-state index is 11.6. The third-order valence-corrected chi connectivity index (χ3v) is 3.05. The Morgan fingerprint density at radius 2 is 1.83 bits per heavy atom. The average Bonchev–Trinajstić information content (AvgIpc) is 2.28. The number of benzene rings is 1. The first-order valence-corrected chi connectivity index (χ1v) is 6.45. The number of carbonyl (C=O) groups excluding carboxylic acids is 1. The Kier molecular flexibility index (Phi) is 4.91. The van der Waals surface area contributed by atoms with Gasteiger partial charge in [-0.15, -0.1) is 0 Å². The normalized spacial score (nSPS) is 11.7. The van der Waals surface area contributed by atoms with Crippen LogP contribution in [0.25, 0.3) is 0 Å². The average molecular weight is 248 g/mol. The van der Waals surface area contributed by atoms with E-state index in [4.69, 9.17) is 5.73 Å². The second kappa shape index (κ2) is 6.01. The Morgan fingerprint density at radius 1 is 1.28 bits per heavy atom. The van der Waals surface area contributed by atoms with E-state index in [0.29, 0.717) is 18.9 Å². The van der Waals surface area contributed by atoms with Crippen LogP contribution in [0.4, 0.5) is 5.69 Å². The Bertz CT molecular complexity index is 393. The molecule has 3 nitrogen and oxygen atoms in total. The van der Waals surface area contributed by atoms with E-state index in [9.17, 15) is 4.79 Å². The summed E-state index contributed by atoms with van der Waals surface area (Å²) >= 11 is 0. The lowest BCUT2D eigenvalue weighted by Gasteiger charge is -2.23. The molecule has 0 atom stereocenters. The summed E-state index contributed by atoms with van der Waals surface area (Å²) < 4.78 is 0. The van der Waals surface area contributed by atoms with E-state index < -0.39 is 0 Å². The number of nitrogens with one attached hydrogen (secondary N) is 1. The van der Waals surface area contributed by atoms with Gasteiger partial charge in [-0.25, -0.2) is 0 Å². The summed E-state index contributed by atoms with van der Waals surface area (Å²) in [7, 11) is 0. The third kappa shape index (κ3) is 4.15. The Labute approximate surface area is 110 Å². The van der Waals surface area contributed by atoms with Crippen molar-refractivity contribution in [3.8, 4) is 0 Å². The topological polar surface area (TPSA) is 55.1 Å². The molecule has 0 saturated heterocycles. The first-order chi connectivity index (χ1) is 8.35. The van der Waals surface area contributed by atoms with Crippen LogP contribution in [0.5, 0.6) is 0 Å². The summed E-state index contributed by atoms with van der Waals surface area (Å²) in [5.74, 6) is 0.441. The summed E-state index contributed by atoms with van der Waals surface area (Å²) in [5.41, 5.74) is 7.75. The molecule has 0 aliphatic heterocycles. The molecule has 100 valence electrons. The molecule has 0 aliphatic carbocycles. The highest BCUT2D eigenvalue weighted by Gasteiger charge is 2.18. The maximum atomic E-state index is 11.6. The number of rotatable bonds is 5. The number of anilines is 1. The largest absolute Gasteiger partial charge is 0.330 e. The lowest BCUT2D eigenvalue weighted by Crippen LogP contribution is -2.28. The van der Waals surface area contributed by atoms with Crippen molar-refractivity contribution in [3.05, 3.63) is 29.8 Å². The highest BCUT2D eigenvalue weighted by molar-refractivity contribution is 5.90. The molecule has 1 rings (SSSR count). The number of hydrogen-bond donors (Lipinski definition) is 2. The number of nitrogens with two attached hydrogens (primary N) is 1. The van der Waals surface area contributed by atoms with Crippen molar-refractivity contribution in [1.29, 1.82) is 0 Å². The first kappa shape index (κ1) is 14.7. The Hall–Kier alpha value is -1.35. The van der Waals surface area contributed by atoms with Gasteiger partial charge in [0.1, 0.15) is 0 Å². The highest BCUT2D eigenvalue weighted by atomic mass is 16.1. The number of carbonyl (C=O) groups is 1. The van der Waals surface area contributed by atoms with Crippen molar-refractivity contribution in [3.63, 3.8) is 0 Å². The van der Waals surface area contributed by atoms with Crippen LogP contribution in [0, 0.1) is 5.92 Å². The van der Waals surface area contributed by atoms with Gasteiger partial charge in [-0.05, 0) is 23.6 Å². The molecule has 0 heterocycles. The van der Waals surface area contributed by atoms with Crippen LogP contribution in [0.1, 0.15) is 39.7 Å². The van der Waals surface area contributed by atoms with Gasteiger partial charge in [0.25, 0.3) is 0 Å². The van der Waals surface area contributed by atoms with Gasteiger partial charge in [0.15, 0.2) is 0 Å². The molecule has 0 spiro atoms. The van der Waals surface area contributed by atoms with Gasteiger partial charge < -0.3 is 11.1 Å². The van der Waals surface area contributed by atoms with E-state index in [2.05, 4.69) is 19.2 Å². The van der Waals surface area contributed by atoms with Crippen molar-refractivity contribution >= 4 is 11.6 Å². The van der Waals surface area contributed by atoms with E-state index in [-0.39, 0.29) is 11.3 Å². The number of amides is 1. The molecule has 0 unspecified atom stereocenters. The zero-order chi connectivity index (χ0) is 13.8. The number of hydrogen-bond acceptors (Lipinski definition) is 2. The van der Waals surface area contributed by atoms with Gasteiger partial charge in [-0.3, -0.25) is 4.79 Å². The van der Waals surface area contributed by atoms with E-state index in [1.165, 1.54) is 5.56 Å². The molecule has 0 aliphatic rings. The van der Waals surface area contributed by atoms with E-state index >= 15 is 0 Å². The lowest BCUT2D eigenvalue weighted by atomic mass is 9.85. The second-order valence-electron chi connectivity index (χ2n) is 5.81. The molecular formula is C15H24N2O. The van der Waals surface area contributed by atoms with E-state index in [1.807, 2.05) is 38.1 Å². The zero-order valence-electron chi connectivity index (χ0n) is 11.8. The molecule has 1 aromatic carbocycles. The van der Waals surface area contributed by atoms with Gasteiger partial charge in [0.2, 0.25) is 5.91 Å². The smallest absolute Gasteiger partial charge is 0.224 e. The Balaban J connectivity index is 2.69. The lowest BCUT2D eigenvalue weighted by molar-refractivity contribution is -0.116. The van der Waals surface area contributed by atoms with Crippen LogP contribution in [-0.2, 0) is 10.2 Å². The molecule has 0 bridgehead atoms. The summed E-state index contributed by atoms with van der Waals surface area (Å²) in [6, 6.07) is 7.92. The Morgan fingerprint density at radius 3 is 2.28 bits per heavy atom. The predicted octanol–water partition coefficient (Wildman–Crippen LogP) is 2.91. The van der Waals surface area contributed by atoms with Crippen molar-refractivity contribution < 1.29 is 4.79 Å². The molecule has 0 saturated carbocycles. The molecule has 1 amide bonds. The summed E-state index contributed by atoms with van der Waals surface area (Å²) in [6.07, 6.45) is 0.552. The van der Waals surface area contributed by atoms with Crippen LogP contribution < -0.4 is 11.1 Å². The molecule has 0 aromatic heterocycles. The fourth-order valence-corrected chi connectivity index (χ4v) is 1.71. The molecule has 3 heteroatoms. The minimum Gasteiger partial charge on any atom is -0.330 e.